The van der Waals surface area contributed by atoms with Crippen LogP contribution < -0.4 is 0 Å². The number of hydrogen-bond acceptors (Lipinski definition) is 5. The van der Waals surface area contributed by atoms with E-state index in [4.69, 9.17) is 16.0 Å². The summed E-state index contributed by atoms with van der Waals surface area (Å²) in [5.41, 5.74) is 1.76. The molecule has 0 aliphatic carbocycles. The zero-order chi connectivity index (χ0) is 13.9. The van der Waals surface area contributed by atoms with E-state index in [-0.39, 0.29) is 0 Å². The van der Waals surface area contributed by atoms with Gasteiger partial charge in [-0.2, -0.15) is 0 Å². The molecule has 3 aromatic rings. The minimum absolute atomic E-state index is 0.546. The van der Waals surface area contributed by atoms with Gasteiger partial charge in [0.25, 0.3) is 0 Å². The van der Waals surface area contributed by atoms with Gasteiger partial charge in [-0.25, -0.2) is 9.67 Å². The molecule has 0 radical (unpaired) electrons. The van der Waals surface area contributed by atoms with Crippen molar-refractivity contribution >= 4 is 22.9 Å². The van der Waals surface area contributed by atoms with Gasteiger partial charge in [0.1, 0.15) is 11.5 Å². The minimum atomic E-state index is 0.546. The molecule has 0 aliphatic rings. The highest BCUT2D eigenvalue weighted by Crippen LogP contribution is 2.26. The normalized spacial score (nSPS) is 11.1. The molecule has 0 bridgehead atoms. The maximum absolute atomic E-state index is 5.70. The van der Waals surface area contributed by atoms with Gasteiger partial charge in [0.05, 0.1) is 17.1 Å². The van der Waals surface area contributed by atoms with Gasteiger partial charge in [-0.1, -0.05) is 11.3 Å². The van der Waals surface area contributed by atoms with Crippen molar-refractivity contribution in [2.24, 2.45) is 0 Å². The highest BCUT2D eigenvalue weighted by Gasteiger charge is 2.13. The SMILES string of the molecule is Cc1oc(-c2cccs2)nc1Cn1cc(CCCl)nn1. The summed E-state index contributed by atoms with van der Waals surface area (Å²) in [5.74, 6) is 2.01. The van der Waals surface area contributed by atoms with E-state index in [1.807, 2.05) is 30.6 Å². The molecular weight excluding hydrogens is 296 g/mol. The summed E-state index contributed by atoms with van der Waals surface area (Å²) in [5, 5.41) is 10.1. The predicted octanol–water partition coefficient (Wildman–Crippen LogP) is 3.13. The van der Waals surface area contributed by atoms with Crippen molar-refractivity contribution in [1.82, 2.24) is 20.0 Å². The number of nitrogens with zero attached hydrogens (tertiary/aromatic N) is 4. The van der Waals surface area contributed by atoms with E-state index < -0.39 is 0 Å². The molecule has 7 heteroatoms. The Morgan fingerprint density at radius 2 is 2.35 bits per heavy atom. The molecule has 0 amide bonds. The number of halogens is 1. The number of alkyl halides is 1. The molecule has 3 rings (SSSR count). The molecule has 104 valence electrons. The van der Waals surface area contributed by atoms with Crippen LogP contribution in [0, 0.1) is 6.92 Å². The molecule has 0 aromatic carbocycles. The topological polar surface area (TPSA) is 56.7 Å². The largest absolute Gasteiger partial charge is 0.440 e. The Hall–Kier alpha value is -1.66. The van der Waals surface area contributed by atoms with Gasteiger partial charge < -0.3 is 4.42 Å². The van der Waals surface area contributed by atoms with E-state index in [9.17, 15) is 0 Å². The molecule has 0 unspecified atom stereocenters. The zero-order valence-electron chi connectivity index (χ0n) is 10.9. The molecule has 0 saturated heterocycles. The van der Waals surface area contributed by atoms with E-state index in [1.165, 1.54) is 0 Å². The van der Waals surface area contributed by atoms with Crippen LogP contribution >= 0.6 is 22.9 Å². The third-order valence-corrected chi connectivity index (χ3v) is 3.92. The first-order chi connectivity index (χ1) is 9.76. The first-order valence-electron chi connectivity index (χ1n) is 6.21. The fourth-order valence-electron chi connectivity index (χ4n) is 1.86. The van der Waals surface area contributed by atoms with Gasteiger partial charge in [0.15, 0.2) is 0 Å². The van der Waals surface area contributed by atoms with Gasteiger partial charge in [-0.05, 0) is 18.4 Å². The summed E-state index contributed by atoms with van der Waals surface area (Å²) in [7, 11) is 0. The Labute approximate surface area is 125 Å². The van der Waals surface area contributed by atoms with Crippen molar-refractivity contribution in [3.8, 4) is 10.8 Å². The van der Waals surface area contributed by atoms with E-state index in [2.05, 4.69) is 15.3 Å². The standard InChI is InChI=1S/C13H13ClN4OS/c1-9-11(8-18-7-10(4-5-14)16-17-18)15-13(19-9)12-3-2-6-20-12/h2-3,6-7H,4-5,8H2,1H3. The summed E-state index contributed by atoms with van der Waals surface area (Å²) in [6.45, 7) is 2.46. The zero-order valence-corrected chi connectivity index (χ0v) is 12.5. The maximum atomic E-state index is 5.70. The van der Waals surface area contributed by atoms with Gasteiger partial charge in [-0.15, -0.1) is 28.0 Å². The summed E-state index contributed by atoms with van der Waals surface area (Å²) in [6, 6.07) is 3.98. The molecule has 3 heterocycles. The lowest BCUT2D eigenvalue weighted by atomic mass is 10.3. The molecule has 0 saturated carbocycles. The molecule has 0 atom stereocenters. The van der Waals surface area contributed by atoms with Crippen LogP contribution in [0.15, 0.2) is 28.1 Å². The lowest BCUT2D eigenvalue weighted by Crippen LogP contribution is -2.02. The Balaban J connectivity index is 1.80. The summed E-state index contributed by atoms with van der Waals surface area (Å²) in [6.07, 6.45) is 2.61. The van der Waals surface area contributed by atoms with Crippen LogP contribution in [0.3, 0.4) is 0 Å². The summed E-state index contributed by atoms with van der Waals surface area (Å²) >= 11 is 7.30. The average Bonchev–Trinajstić information content (AvgIpc) is 3.13. The number of thiophene rings is 1. The molecule has 0 aliphatic heterocycles. The fourth-order valence-corrected chi connectivity index (χ4v) is 2.70. The van der Waals surface area contributed by atoms with Crippen molar-refractivity contribution in [3.63, 3.8) is 0 Å². The van der Waals surface area contributed by atoms with Crippen molar-refractivity contribution < 1.29 is 4.42 Å². The van der Waals surface area contributed by atoms with Gasteiger partial charge in [0.2, 0.25) is 5.89 Å². The quantitative estimate of drug-likeness (QED) is 0.679. The third kappa shape index (κ3) is 2.76. The highest BCUT2D eigenvalue weighted by atomic mass is 35.5. The number of aromatic nitrogens is 4. The average molecular weight is 309 g/mol. The predicted molar refractivity (Wildman–Crippen MR) is 78.1 cm³/mol. The molecule has 20 heavy (non-hydrogen) atoms. The Morgan fingerprint density at radius 3 is 3.10 bits per heavy atom. The van der Waals surface area contributed by atoms with Crippen LogP contribution in [0.2, 0.25) is 0 Å². The molecule has 0 spiro atoms. The van der Waals surface area contributed by atoms with Crippen molar-refractivity contribution in [2.45, 2.75) is 19.9 Å². The van der Waals surface area contributed by atoms with Crippen molar-refractivity contribution in [1.29, 1.82) is 0 Å². The van der Waals surface area contributed by atoms with Crippen LogP contribution in [0.25, 0.3) is 10.8 Å². The van der Waals surface area contributed by atoms with Crippen LogP contribution in [0.1, 0.15) is 17.1 Å². The second-order valence-electron chi connectivity index (χ2n) is 4.35. The lowest BCUT2D eigenvalue weighted by molar-refractivity contribution is 0.536. The van der Waals surface area contributed by atoms with Gasteiger partial charge in [0, 0.05) is 18.5 Å². The van der Waals surface area contributed by atoms with E-state index in [0.717, 1.165) is 28.4 Å². The van der Waals surface area contributed by atoms with E-state index >= 15 is 0 Å². The maximum Gasteiger partial charge on any atom is 0.236 e. The van der Waals surface area contributed by atoms with Gasteiger partial charge in [-0.3, -0.25) is 0 Å². The number of hydrogen-bond donors (Lipinski definition) is 0. The molecule has 3 aromatic heterocycles. The van der Waals surface area contributed by atoms with E-state index in [1.54, 1.807) is 16.0 Å². The smallest absolute Gasteiger partial charge is 0.236 e. The second-order valence-corrected chi connectivity index (χ2v) is 5.67. The lowest BCUT2D eigenvalue weighted by Gasteiger charge is -1.95. The number of oxazole rings is 1. The second kappa shape index (κ2) is 5.76. The third-order valence-electron chi connectivity index (χ3n) is 2.87. The van der Waals surface area contributed by atoms with Crippen LogP contribution in [0.4, 0.5) is 0 Å². The Morgan fingerprint density at radius 1 is 1.45 bits per heavy atom. The minimum Gasteiger partial charge on any atom is -0.440 e. The molecule has 5 nitrogen and oxygen atoms in total. The first kappa shape index (κ1) is 13.3. The molecule has 0 N–H and O–H groups in total. The molecule has 0 fully saturated rings. The first-order valence-corrected chi connectivity index (χ1v) is 7.63. The number of aryl methyl sites for hydroxylation is 2. The highest BCUT2D eigenvalue weighted by molar-refractivity contribution is 7.13. The Kier molecular flexibility index (Phi) is 3.84. The summed E-state index contributed by atoms with van der Waals surface area (Å²) < 4.78 is 7.46. The monoisotopic (exact) mass is 308 g/mol. The van der Waals surface area contributed by atoms with Crippen molar-refractivity contribution in [3.05, 3.63) is 40.9 Å². The number of rotatable bonds is 5. The van der Waals surface area contributed by atoms with Crippen LogP contribution in [0.5, 0.6) is 0 Å². The Bertz CT molecular complexity index is 689. The fraction of sp³-hybridized carbons (Fsp3) is 0.308. The van der Waals surface area contributed by atoms with Gasteiger partial charge >= 0.3 is 0 Å². The van der Waals surface area contributed by atoms with Crippen molar-refractivity contribution in [2.75, 3.05) is 5.88 Å². The van der Waals surface area contributed by atoms with E-state index in [0.29, 0.717) is 18.3 Å². The summed E-state index contributed by atoms with van der Waals surface area (Å²) in [4.78, 5) is 5.56. The van der Waals surface area contributed by atoms with Crippen LogP contribution in [-0.2, 0) is 13.0 Å². The molecular formula is C13H13ClN4OS. The van der Waals surface area contributed by atoms with Crippen LogP contribution in [-0.4, -0.2) is 25.9 Å².